The maximum Gasteiger partial charge on any atom is 0.260 e. The maximum absolute atomic E-state index is 12.2. The van der Waals surface area contributed by atoms with Crippen molar-refractivity contribution in [3.8, 4) is 5.75 Å². The Morgan fingerprint density at radius 1 is 1.05 bits per heavy atom. The lowest BCUT2D eigenvalue weighted by Gasteiger charge is -2.22. The zero-order chi connectivity index (χ0) is 15.9. The Bertz CT molecular complexity index is 519. The number of rotatable bonds is 4. The number of halogens is 1. The van der Waals surface area contributed by atoms with Gasteiger partial charge in [0.25, 0.3) is 5.91 Å². The smallest absolute Gasteiger partial charge is 0.260 e. The first kappa shape index (κ1) is 16.8. The summed E-state index contributed by atoms with van der Waals surface area (Å²) in [7, 11) is 0. The molecule has 2 rings (SSSR count). The van der Waals surface area contributed by atoms with Crippen molar-refractivity contribution in [2.24, 2.45) is 0 Å². The molecule has 1 heterocycles. The summed E-state index contributed by atoms with van der Waals surface area (Å²) in [5.41, 5.74) is 0. The lowest BCUT2D eigenvalue weighted by atomic mass is 10.3. The molecule has 2 amide bonds. The van der Waals surface area contributed by atoms with Gasteiger partial charge in [0.2, 0.25) is 5.91 Å². The van der Waals surface area contributed by atoms with Gasteiger partial charge in [0.1, 0.15) is 5.75 Å². The number of nitrogens with zero attached hydrogens (tertiary/aromatic N) is 2. The van der Waals surface area contributed by atoms with Crippen molar-refractivity contribution >= 4 is 27.7 Å². The monoisotopic (exact) mass is 368 g/mol. The van der Waals surface area contributed by atoms with Crippen LogP contribution in [0.25, 0.3) is 0 Å². The molecule has 0 radical (unpaired) electrons. The third kappa shape index (κ3) is 4.73. The molecule has 1 saturated heterocycles. The number of hydrogen-bond donors (Lipinski definition) is 0. The molecule has 0 aliphatic carbocycles. The number of benzene rings is 1. The van der Waals surface area contributed by atoms with Gasteiger partial charge in [-0.1, -0.05) is 22.9 Å². The Balaban J connectivity index is 1.82. The van der Waals surface area contributed by atoms with Gasteiger partial charge in [-0.25, -0.2) is 0 Å². The summed E-state index contributed by atoms with van der Waals surface area (Å²) in [5.74, 6) is 0.795. The van der Waals surface area contributed by atoms with E-state index >= 15 is 0 Å². The molecule has 0 unspecified atom stereocenters. The van der Waals surface area contributed by atoms with Crippen molar-refractivity contribution < 1.29 is 14.3 Å². The molecule has 5 nitrogen and oxygen atoms in total. The predicted octanol–water partition coefficient (Wildman–Crippen LogP) is 2.30. The van der Waals surface area contributed by atoms with Gasteiger partial charge in [-0.2, -0.15) is 0 Å². The van der Waals surface area contributed by atoms with Gasteiger partial charge in [-0.05, 0) is 30.7 Å². The summed E-state index contributed by atoms with van der Waals surface area (Å²) in [6, 6.07) is 7.39. The highest BCUT2D eigenvalue weighted by atomic mass is 79.9. The van der Waals surface area contributed by atoms with Gasteiger partial charge in [-0.3, -0.25) is 9.59 Å². The van der Waals surface area contributed by atoms with E-state index in [0.717, 1.165) is 17.4 Å². The van der Waals surface area contributed by atoms with E-state index in [1.807, 2.05) is 36.1 Å². The van der Waals surface area contributed by atoms with Crippen molar-refractivity contribution in [1.82, 2.24) is 9.80 Å². The molecule has 0 spiro atoms. The molecule has 6 heteroatoms. The standard InChI is InChI=1S/C16H21BrN2O3/c1-2-15(20)18-8-3-9-19(11-10-18)16(21)12-22-14-6-4-13(17)5-7-14/h4-7H,2-3,8-12H2,1H3. The molecule has 0 saturated carbocycles. The third-order valence-electron chi connectivity index (χ3n) is 3.68. The fraction of sp³-hybridized carbons (Fsp3) is 0.500. The summed E-state index contributed by atoms with van der Waals surface area (Å²) in [6.45, 7) is 4.48. The summed E-state index contributed by atoms with van der Waals surface area (Å²) in [4.78, 5) is 27.6. The number of ether oxygens (including phenoxy) is 1. The average molecular weight is 369 g/mol. The highest BCUT2D eigenvalue weighted by molar-refractivity contribution is 9.10. The number of carbonyl (C=O) groups excluding carboxylic acids is 2. The van der Waals surface area contributed by atoms with Gasteiger partial charge < -0.3 is 14.5 Å². The Kier molecular flexibility index (Phi) is 6.24. The zero-order valence-electron chi connectivity index (χ0n) is 12.8. The van der Waals surface area contributed by atoms with Crippen LogP contribution in [0.1, 0.15) is 19.8 Å². The Hall–Kier alpha value is -1.56. The first-order valence-electron chi connectivity index (χ1n) is 7.54. The largest absolute Gasteiger partial charge is 0.484 e. The molecule has 0 aromatic heterocycles. The SMILES string of the molecule is CCC(=O)N1CCCN(C(=O)COc2ccc(Br)cc2)CC1. The van der Waals surface area contributed by atoms with E-state index in [0.29, 0.717) is 31.8 Å². The molecule has 0 N–H and O–H groups in total. The van der Waals surface area contributed by atoms with Gasteiger partial charge in [0.15, 0.2) is 6.61 Å². The topological polar surface area (TPSA) is 49.9 Å². The van der Waals surface area contributed by atoms with Crippen molar-refractivity contribution in [1.29, 1.82) is 0 Å². The lowest BCUT2D eigenvalue weighted by Crippen LogP contribution is -2.39. The Morgan fingerprint density at radius 3 is 2.23 bits per heavy atom. The molecular formula is C16H21BrN2O3. The Morgan fingerprint density at radius 2 is 1.64 bits per heavy atom. The van der Waals surface area contributed by atoms with Crippen LogP contribution < -0.4 is 4.74 Å². The summed E-state index contributed by atoms with van der Waals surface area (Å²) >= 11 is 3.36. The first-order valence-corrected chi connectivity index (χ1v) is 8.33. The van der Waals surface area contributed by atoms with E-state index < -0.39 is 0 Å². The number of hydrogen-bond acceptors (Lipinski definition) is 3. The van der Waals surface area contributed by atoms with Gasteiger partial charge in [0, 0.05) is 37.1 Å². The molecule has 0 atom stereocenters. The van der Waals surface area contributed by atoms with E-state index in [-0.39, 0.29) is 18.4 Å². The maximum atomic E-state index is 12.2. The van der Waals surface area contributed by atoms with Crippen LogP contribution in [0.2, 0.25) is 0 Å². The van der Waals surface area contributed by atoms with Gasteiger partial charge in [-0.15, -0.1) is 0 Å². The summed E-state index contributed by atoms with van der Waals surface area (Å²) in [6.07, 6.45) is 1.33. The van der Waals surface area contributed by atoms with E-state index in [2.05, 4.69) is 15.9 Å². The fourth-order valence-corrected chi connectivity index (χ4v) is 2.67. The highest BCUT2D eigenvalue weighted by Crippen LogP contribution is 2.16. The Labute approximate surface area is 139 Å². The van der Waals surface area contributed by atoms with Crippen LogP contribution in [-0.4, -0.2) is 54.4 Å². The third-order valence-corrected chi connectivity index (χ3v) is 4.21. The molecular weight excluding hydrogens is 348 g/mol. The van der Waals surface area contributed by atoms with E-state index in [4.69, 9.17) is 4.74 Å². The molecule has 120 valence electrons. The normalized spacial score (nSPS) is 15.4. The molecule has 1 fully saturated rings. The van der Waals surface area contributed by atoms with Crippen LogP contribution >= 0.6 is 15.9 Å². The first-order chi connectivity index (χ1) is 10.6. The number of amides is 2. The van der Waals surface area contributed by atoms with Gasteiger partial charge in [0.05, 0.1) is 0 Å². The molecule has 1 aromatic carbocycles. The molecule has 1 aliphatic heterocycles. The second kappa shape index (κ2) is 8.17. The second-order valence-electron chi connectivity index (χ2n) is 5.21. The van der Waals surface area contributed by atoms with E-state index in [9.17, 15) is 9.59 Å². The van der Waals surface area contributed by atoms with Crippen LogP contribution in [-0.2, 0) is 9.59 Å². The second-order valence-corrected chi connectivity index (χ2v) is 6.13. The van der Waals surface area contributed by atoms with Crippen molar-refractivity contribution in [3.05, 3.63) is 28.7 Å². The minimum absolute atomic E-state index is 0.0311. The highest BCUT2D eigenvalue weighted by Gasteiger charge is 2.21. The molecule has 0 bridgehead atoms. The predicted molar refractivity (Wildman–Crippen MR) is 87.7 cm³/mol. The minimum atomic E-state index is -0.0336. The quantitative estimate of drug-likeness (QED) is 0.819. The van der Waals surface area contributed by atoms with Crippen molar-refractivity contribution in [3.63, 3.8) is 0 Å². The molecule has 22 heavy (non-hydrogen) atoms. The van der Waals surface area contributed by atoms with E-state index in [1.165, 1.54) is 0 Å². The molecule has 1 aromatic rings. The van der Waals surface area contributed by atoms with Crippen LogP contribution in [0, 0.1) is 0 Å². The van der Waals surface area contributed by atoms with Crippen molar-refractivity contribution in [2.75, 3.05) is 32.8 Å². The lowest BCUT2D eigenvalue weighted by molar-refractivity contribution is -0.134. The van der Waals surface area contributed by atoms with Crippen molar-refractivity contribution in [2.45, 2.75) is 19.8 Å². The minimum Gasteiger partial charge on any atom is -0.484 e. The summed E-state index contributed by atoms with van der Waals surface area (Å²) < 4.78 is 6.49. The van der Waals surface area contributed by atoms with Crippen LogP contribution in [0.15, 0.2) is 28.7 Å². The zero-order valence-corrected chi connectivity index (χ0v) is 14.3. The fourth-order valence-electron chi connectivity index (χ4n) is 2.41. The van der Waals surface area contributed by atoms with Crippen LogP contribution in [0.5, 0.6) is 5.75 Å². The summed E-state index contributed by atoms with van der Waals surface area (Å²) in [5, 5.41) is 0. The number of carbonyl (C=O) groups is 2. The van der Waals surface area contributed by atoms with Gasteiger partial charge >= 0.3 is 0 Å². The molecule has 1 aliphatic rings. The van der Waals surface area contributed by atoms with E-state index in [1.54, 1.807) is 4.90 Å². The average Bonchev–Trinajstić information content (AvgIpc) is 2.79. The van der Waals surface area contributed by atoms with Crippen LogP contribution in [0.3, 0.4) is 0 Å². The van der Waals surface area contributed by atoms with Crippen LogP contribution in [0.4, 0.5) is 0 Å².